The SMILES string of the molecule is O=C(c1ccccc1)c1cn(-c2ccccc2)nc1-c1ccccc1. The summed E-state index contributed by atoms with van der Waals surface area (Å²) in [6, 6.07) is 28.9. The first-order valence-electron chi connectivity index (χ1n) is 8.13. The van der Waals surface area contributed by atoms with Crippen molar-refractivity contribution in [2.24, 2.45) is 0 Å². The minimum Gasteiger partial charge on any atom is -0.288 e. The lowest BCUT2D eigenvalue weighted by molar-refractivity contribution is 0.103. The highest BCUT2D eigenvalue weighted by Gasteiger charge is 2.19. The summed E-state index contributed by atoms with van der Waals surface area (Å²) in [5.41, 5.74) is 3.80. The molecule has 0 fully saturated rings. The number of benzene rings is 3. The molecule has 0 radical (unpaired) electrons. The van der Waals surface area contributed by atoms with Crippen LogP contribution in [0.4, 0.5) is 0 Å². The Bertz CT molecular complexity index is 990. The van der Waals surface area contributed by atoms with Crippen LogP contribution in [0.2, 0.25) is 0 Å². The number of para-hydroxylation sites is 1. The molecular weight excluding hydrogens is 308 g/mol. The van der Waals surface area contributed by atoms with E-state index in [9.17, 15) is 4.79 Å². The van der Waals surface area contributed by atoms with Gasteiger partial charge in [-0.15, -0.1) is 0 Å². The Kier molecular flexibility index (Phi) is 3.97. The Balaban J connectivity index is 1.87. The van der Waals surface area contributed by atoms with E-state index in [4.69, 9.17) is 5.10 Å². The number of hydrogen-bond donors (Lipinski definition) is 0. The van der Waals surface area contributed by atoms with Crippen LogP contribution < -0.4 is 0 Å². The third-order valence-corrected chi connectivity index (χ3v) is 4.06. The monoisotopic (exact) mass is 324 g/mol. The maximum Gasteiger partial charge on any atom is 0.196 e. The highest BCUT2D eigenvalue weighted by molar-refractivity contribution is 6.12. The zero-order valence-corrected chi connectivity index (χ0v) is 13.5. The minimum absolute atomic E-state index is 0.0263. The van der Waals surface area contributed by atoms with Crippen molar-refractivity contribution in [2.75, 3.05) is 0 Å². The second kappa shape index (κ2) is 6.57. The highest BCUT2D eigenvalue weighted by Crippen LogP contribution is 2.25. The maximum absolute atomic E-state index is 13.0. The third kappa shape index (κ3) is 3.00. The van der Waals surface area contributed by atoms with Crippen molar-refractivity contribution < 1.29 is 4.79 Å². The van der Waals surface area contributed by atoms with Crippen LogP contribution in [-0.2, 0) is 0 Å². The third-order valence-electron chi connectivity index (χ3n) is 4.06. The average molecular weight is 324 g/mol. The van der Waals surface area contributed by atoms with Crippen molar-refractivity contribution >= 4 is 5.78 Å². The Hall–Kier alpha value is -3.46. The molecule has 0 bridgehead atoms. The normalized spacial score (nSPS) is 10.6. The first-order valence-corrected chi connectivity index (χ1v) is 8.13. The molecule has 0 amide bonds. The summed E-state index contributed by atoms with van der Waals surface area (Å²) in [5.74, 6) is -0.0263. The molecule has 0 saturated heterocycles. The lowest BCUT2D eigenvalue weighted by atomic mass is 10.0. The second-order valence-electron chi connectivity index (χ2n) is 5.73. The van der Waals surface area contributed by atoms with Gasteiger partial charge in [-0.1, -0.05) is 78.9 Å². The van der Waals surface area contributed by atoms with E-state index in [1.165, 1.54) is 0 Å². The van der Waals surface area contributed by atoms with E-state index >= 15 is 0 Å². The molecule has 1 aromatic heterocycles. The first-order chi connectivity index (χ1) is 12.3. The number of carbonyl (C=O) groups is 1. The Labute approximate surface area is 146 Å². The second-order valence-corrected chi connectivity index (χ2v) is 5.73. The summed E-state index contributed by atoms with van der Waals surface area (Å²) in [7, 11) is 0. The van der Waals surface area contributed by atoms with Gasteiger partial charge in [0.1, 0.15) is 5.69 Å². The quantitative estimate of drug-likeness (QED) is 0.507. The Morgan fingerprint density at radius 2 is 1.28 bits per heavy atom. The molecule has 3 nitrogen and oxygen atoms in total. The van der Waals surface area contributed by atoms with Crippen molar-refractivity contribution in [1.82, 2.24) is 9.78 Å². The predicted octanol–water partition coefficient (Wildman–Crippen LogP) is 4.77. The topological polar surface area (TPSA) is 34.9 Å². The molecule has 3 heteroatoms. The average Bonchev–Trinajstić information content (AvgIpc) is 3.15. The van der Waals surface area contributed by atoms with Crippen LogP contribution in [0.25, 0.3) is 16.9 Å². The zero-order chi connectivity index (χ0) is 17.1. The molecule has 0 unspecified atom stereocenters. The number of hydrogen-bond acceptors (Lipinski definition) is 2. The highest BCUT2D eigenvalue weighted by atomic mass is 16.1. The molecule has 0 aliphatic carbocycles. The summed E-state index contributed by atoms with van der Waals surface area (Å²) in [5, 5.41) is 4.69. The summed E-state index contributed by atoms with van der Waals surface area (Å²) in [6.45, 7) is 0. The molecule has 1 heterocycles. The van der Waals surface area contributed by atoms with Crippen LogP contribution >= 0.6 is 0 Å². The van der Waals surface area contributed by atoms with E-state index in [1.54, 1.807) is 4.68 Å². The van der Waals surface area contributed by atoms with Crippen molar-refractivity contribution in [3.8, 4) is 16.9 Å². The van der Waals surface area contributed by atoms with E-state index < -0.39 is 0 Å². The van der Waals surface area contributed by atoms with Gasteiger partial charge in [0.15, 0.2) is 5.78 Å². The van der Waals surface area contributed by atoms with Crippen LogP contribution in [0, 0.1) is 0 Å². The van der Waals surface area contributed by atoms with Crippen molar-refractivity contribution in [3.63, 3.8) is 0 Å². The van der Waals surface area contributed by atoms with Gasteiger partial charge in [0.2, 0.25) is 0 Å². The van der Waals surface area contributed by atoms with Gasteiger partial charge in [0.05, 0.1) is 11.3 Å². The largest absolute Gasteiger partial charge is 0.288 e. The van der Waals surface area contributed by atoms with Gasteiger partial charge in [0, 0.05) is 17.3 Å². The van der Waals surface area contributed by atoms with Crippen molar-refractivity contribution in [3.05, 3.63) is 108 Å². The molecule has 4 rings (SSSR count). The minimum atomic E-state index is -0.0263. The molecule has 0 spiro atoms. The molecule has 25 heavy (non-hydrogen) atoms. The van der Waals surface area contributed by atoms with Crippen LogP contribution in [0.3, 0.4) is 0 Å². The van der Waals surface area contributed by atoms with E-state index in [-0.39, 0.29) is 5.78 Å². The summed E-state index contributed by atoms with van der Waals surface area (Å²) >= 11 is 0. The summed E-state index contributed by atoms with van der Waals surface area (Å²) in [6.07, 6.45) is 1.81. The van der Waals surface area contributed by atoms with Gasteiger partial charge in [-0.3, -0.25) is 4.79 Å². The van der Waals surface area contributed by atoms with Crippen LogP contribution in [0.5, 0.6) is 0 Å². The fourth-order valence-corrected chi connectivity index (χ4v) is 2.81. The van der Waals surface area contributed by atoms with E-state index in [2.05, 4.69) is 0 Å². The Morgan fingerprint density at radius 1 is 0.720 bits per heavy atom. The van der Waals surface area contributed by atoms with Crippen LogP contribution in [-0.4, -0.2) is 15.6 Å². The van der Waals surface area contributed by atoms with Crippen molar-refractivity contribution in [2.45, 2.75) is 0 Å². The lowest BCUT2D eigenvalue weighted by Crippen LogP contribution is -2.01. The number of rotatable bonds is 4. The standard InChI is InChI=1S/C22H16N2O/c25-22(18-12-6-2-7-13-18)20-16-24(19-14-8-3-9-15-19)23-21(20)17-10-4-1-5-11-17/h1-16H. The number of ketones is 1. The molecular formula is C22H16N2O. The molecule has 0 saturated carbocycles. The smallest absolute Gasteiger partial charge is 0.196 e. The molecule has 4 aromatic rings. The van der Waals surface area contributed by atoms with Crippen LogP contribution in [0.1, 0.15) is 15.9 Å². The molecule has 120 valence electrons. The summed E-state index contributed by atoms with van der Waals surface area (Å²) in [4.78, 5) is 13.0. The number of nitrogens with zero attached hydrogens (tertiary/aromatic N) is 2. The fourth-order valence-electron chi connectivity index (χ4n) is 2.81. The van der Waals surface area contributed by atoms with Gasteiger partial charge in [-0.25, -0.2) is 4.68 Å². The molecule has 0 aliphatic heterocycles. The van der Waals surface area contributed by atoms with Crippen LogP contribution in [0.15, 0.2) is 97.2 Å². The zero-order valence-electron chi connectivity index (χ0n) is 13.5. The van der Waals surface area contributed by atoms with Gasteiger partial charge in [-0.2, -0.15) is 5.10 Å². The van der Waals surface area contributed by atoms with Gasteiger partial charge in [0.25, 0.3) is 0 Å². The van der Waals surface area contributed by atoms with Crippen molar-refractivity contribution in [1.29, 1.82) is 0 Å². The molecule has 0 N–H and O–H groups in total. The van der Waals surface area contributed by atoms with Gasteiger partial charge < -0.3 is 0 Å². The molecule has 0 aliphatic rings. The van der Waals surface area contributed by atoms with E-state index in [0.717, 1.165) is 11.3 Å². The summed E-state index contributed by atoms with van der Waals surface area (Å²) < 4.78 is 1.76. The fraction of sp³-hybridized carbons (Fsp3) is 0. The Morgan fingerprint density at radius 3 is 1.92 bits per heavy atom. The molecule has 0 atom stereocenters. The maximum atomic E-state index is 13.0. The predicted molar refractivity (Wildman–Crippen MR) is 98.9 cm³/mol. The lowest BCUT2D eigenvalue weighted by Gasteiger charge is -2.02. The number of aromatic nitrogens is 2. The van der Waals surface area contributed by atoms with Gasteiger partial charge >= 0.3 is 0 Å². The van der Waals surface area contributed by atoms with E-state index in [0.29, 0.717) is 16.8 Å². The number of carbonyl (C=O) groups excluding carboxylic acids is 1. The van der Waals surface area contributed by atoms with Gasteiger partial charge in [-0.05, 0) is 12.1 Å². The molecule has 3 aromatic carbocycles. The van der Waals surface area contributed by atoms with E-state index in [1.807, 2.05) is 97.2 Å². The first kappa shape index (κ1) is 15.1.